The van der Waals surface area contributed by atoms with Gasteiger partial charge in [-0.3, -0.25) is 4.79 Å². The van der Waals surface area contributed by atoms with Crippen molar-refractivity contribution in [2.24, 2.45) is 0 Å². The minimum absolute atomic E-state index is 0.0340. The summed E-state index contributed by atoms with van der Waals surface area (Å²) in [6, 6.07) is 16.2. The number of rotatable bonds is 5. The maximum atomic E-state index is 13.3. The summed E-state index contributed by atoms with van der Waals surface area (Å²) in [6.07, 6.45) is 6.40. The number of methoxy groups -OCH3 is 1. The Hall–Kier alpha value is -2.63. The lowest BCUT2D eigenvalue weighted by Crippen LogP contribution is -2.35. The maximum absolute atomic E-state index is 13.3. The van der Waals surface area contributed by atoms with Crippen molar-refractivity contribution in [3.05, 3.63) is 71.3 Å². The second-order valence-electron chi connectivity index (χ2n) is 8.72. The molecule has 0 radical (unpaired) electrons. The van der Waals surface area contributed by atoms with E-state index in [2.05, 4.69) is 35.2 Å². The summed E-state index contributed by atoms with van der Waals surface area (Å²) >= 11 is 0. The molecule has 0 bridgehead atoms. The number of aliphatic hydroxyl groups is 1. The molecule has 2 aliphatic rings. The number of nitrogens with zero attached hydrogens (tertiary/aromatic N) is 2. The summed E-state index contributed by atoms with van der Waals surface area (Å²) in [6.45, 7) is 3.68. The average molecular weight is 435 g/mol. The Bertz CT molecular complexity index is 941. The molecular formula is C27H34N2O3. The highest BCUT2D eigenvalue weighted by Gasteiger charge is 2.24. The van der Waals surface area contributed by atoms with Crippen LogP contribution < -0.4 is 4.90 Å². The lowest BCUT2D eigenvalue weighted by molar-refractivity contribution is 0.0772. The zero-order valence-corrected chi connectivity index (χ0v) is 19.0. The van der Waals surface area contributed by atoms with Gasteiger partial charge in [-0.1, -0.05) is 49.2 Å². The fraction of sp³-hybridized carbons (Fsp3) is 0.444. The Labute approximate surface area is 191 Å². The first-order chi connectivity index (χ1) is 15.7. The highest BCUT2D eigenvalue weighted by atomic mass is 16.5. The van der Waals surface area contributed by atoms with Crippen LogP contribution in [0.15, 0.2) is 54.6 Å². The van der Waals surface area contributed by atoms with Crippen LogP contribution in [-0.2, 0) is 4.74 Å². The molecule has 2 aromatic carbocycles. The van der Waals surface area contributed by atoms with Crippen LogP contribution in [0.1, 0.15) is 59.7 Å². The van der Waals surface area contributed by atoms with Crippen molar-refractivity contribution in [3.8, 4) is 0 Å². The van der Waals surface area contributed by atoms with Gasteiger partial charge < -0.3 is 19.6 Å². The molecule has 32 heavy (non-hydrogen) atoms. The van der Waals surface area contributed by atoms with Crippen molar-refractivity contribution >= 4 is 17.2 Å². The summed E-state index contributed by atoms with van der Waals surface area (Å²) in [5, 5.41) is 10.9. The molecule has 1 N–H and O–H groups in total. The molecule has 0 saturated heterocycles. The number of carbonyl (C=O) groups excluding carboxylic acids is 1. The molecule has 2 heterocycles. The van der Waals surface area contributed by atoms with E-state index < -0.39 is 6.10 Å². The van der Waals surface area contributed by atoms with Crippen LogP contribution in [0.4, 0.5) is 5.69 Å². The third-order valence-corrected chi connectivity index (χ3v) is 6.59. The zero-order valence-electron chi connectivity index (χ0n) is 19.0. The topological polar surface area (TPSA) is 53.0 Å². The van der Waals surface area contributed by atoms with Crippen LogP contribution in [0.5, 0.6) is 0 Å². The number of ether oxygens (including phenoxy) is 1. The lowest BCUT2D eigenvalue weighted by atomic mass is 9.97. The summed E-state index contributed by atoms with van der Waals surface area (Å²) in [5.74, 6) is 0.0340. The van der Waals surface area contributed by atoms with Gasteiger partial charge in [-0.25, -0.2) is 0 Å². The Morgan fingerprint density at radius 2 is 1.94 bits per heavy atom. The standard InChI is InChI=1S/C27H34N2O3/c1-32-19-18-28-15-7-3-6-10-26(30)24-20-23(11-12-25(24)28)27(31)29-16-13-22(14-17-29)21-8-4-2-5-9-21/h2,4-5,8-9,11-13,20,26,30H,3,6-7,10,14-19H2,1H3. The monoisotopic (exact) mass is 434 g/mol. The van der Waals surface area contributed by atoms with Gasteiger partial charge in [0.25, 0.3) is 5.91 Å². The predicted molar refractivity (Wildman–Crippen MR) is 129 cm³/mol. The van der Waals surface area contributed by atoms with E-state index in [-0.39, 0.29) is 5.91 Å². The van der Waals surface area contributed by atoms with Gasteiger partial charge in [0.2, 0.25) is 0 Å². The van der Waals surface area contributed by atoms with Gasteiger partial charge >= 0.3 is 0 Å². The van der Waals surface area contributed by atoms with E-state index in [4.69, 9.17) is 4.74 Å². The Morgan fingerprint density at radius 1 is 1.09 bits per heavy atom. The zero-order chi connectivity index (χ0) is 22.3. The van der Waals surface area contributed by atoms with Crippen LogP contribution in [-0.4, -0.2) is 55.8 Å². The number of hydrogen-bond donors (Lipinski definition) is 1. The van der Waals surface area contributed by atoms with Crippen LogP contribution in [0.25, 0.3) is 5.57 Å². The van der Waals surface area contributed by atoms with Crippen LogP contribution in [0.3, 0.4) is 0 Å². The molecule has 1 unspecified atom stereocenters. The van der Waals surface area contributed by atoms with E-state index in [0.717, 1.165) is 56.4 Å². The average Bonchev–Trinajstić information content (AvgIpc) is 2.92. The smallest absolute Gasteiger partial charge is 0.254 e. The summed E-state index contributed by atoms with van der Waals surface area (Å²) in [5.41, 5.74) is 5.08. The number of carbonyl (C=O) groups is 1. The van der Waals surface area contributed by atoms with Crippen molar-refractivity contribution in [3.63, 3.8) is 0 Å². The molecule has 1 amide bonds. The van der Waals surface area contributed by atoms with Crippen molar-refractivity contribution < 1.29 is 14.6 Å². The summed E-state index contributed by atoms with van der Waals surface area (Å²) in [4.78, 5) is 17.5. The third-order valence-electron chi connectivity index (χ3n) is 6.59. The van der Waals surface area contributed by atoms with Crippen LogP contribution >= 0.6 is 0 Å². The van der Waals surface area contributed by atoms with Crippen molar-refractivity contribution in [2.75, 3.05) is 44.8 Å². The quantitative estimate of drug-likeness (QED) is 0.743. The van der Waals surface area contributed by atoms with Crippen molar-refractivity contribution in [2.45, 2.75) is 38.2 Å². The fourth-order valence-electron chi connectivity index (χ4n) is 4.72. The SMILES string of the molecule is COCCN1CCCCCC(O)c2cc(C(=O)N3CC=C(c4ccccc4)CC3)ccc21. The molecule has 0 spiro atoms. The van der Waals surface area contributed by atoms with Gasteiger partial charge in [0.15, 0.2) is 0 Å². The molecule has 5 heteroatoms. The first-order valence-corrected chi connectivity index (χ1v) is 11.8. The summed E-state index contributed by atoms with van der Waals surface area (Å²) < 4.78 is 5.30. The van der Waals surface area contributed by atoms with E-state index in [0.29, 0.717) is 25.3 Å². The largest absolute Gasteiger partial charge is 0.388 e. The highest BCUT2D eigenvalue weighted by molar-refractivity contribution is 5.95. The molecule has 170 valence electrons. The van der Waals surface area contributed by atoms with E-state index in [1.165, 1.54) is 11.1 Å². The molecule has 2 aliphatic heterocycles. The Balaban J connectivity index is 1.54. The lowest BCUT2D eigenvalue weighted by Gasteiger charge is -2.29. The van der Waals surface area contributed by atoms with Gasteiger partial charge in [0.05, 0.1) is 12.7 Å². The summed E-state index contributed by atoms with van der Waals surface area (Å²) in [7, 11) is 1.71. The number of benzene rings is 2. The first kappa shape index (κ1) is 22.6. The fourth-order valence-corrected chi connectivity index (χ4v) is 4.72. The molecule has 4 rings (SSSR count). The second-order valence-corrected chi connectivity index (χ2v) is 8.72. The number of fused-ring (bicyclic) bond motifs is 1. The second kappa shape index (κ2) is 10.8. The highest BCUT2D eigenvalue weighted by Crippen LogP contribution is 2.33. The Morgan fingerprint density at radius 3 is 2.69 bits per heavy atom. The molecule has 0 aromatic heterocycles. The molecule has 0 saturated carbocycles. The minimum Gasteiger partial charge on any atom is -0.388 e. The number of amides is 1. The molecule has 0 fully saturated rings. The van der Waals surface area contributed by atoms with Crippen molar-refractivity contribution in [1.82, 2.24) is 4.90 Å². The van der Waals surface area contributed by atoms with Crippen LogP contribution in [0, 0.1) is 0 Å². The first-order valence-electron chi connectivity index (χ1n) is 11.8. The van der Waals surface area contributed by atoms with Gasteiger partial charge in [0.1, 0.15) is 0 Å². The molecular weight excluding hydrogens is 400 g/mol. The van der Waals surface area contributed by atoms with E-state index in [1.807, 2.05) is 29.2 Å². The van der Waals surface area contributed by atoms with Gasteiger partial charge in [-0.05, 0) is 48.6 Å². The number of hydrogen-bond acceptors (Lipinski definition) is 4. The molecule has 1 atom stereocenters. The predicted octanol–water partition coefficient (Wildman–Crippen LogP) is 4.68. The molecule has 5 nitrogen and oxygen atoms in total. The molecule has 0 aliphatic carbocycles. The molecule has 2 aromatic rings. The van der Waals surface area contributed by atoms with E-state index >= 15 is 0 Å². The van der Waals surface area contributed by atoms with Crippen LogP contribution in [0.2, 0.25) is 0 Å². The van der Waals surface area contributed by atoms with Gasteiger partial charge in [0, 0.05) is 50.1 Å². The van der Waals surface area contributed by atoms with Crippen molar-refractivity contribution in [1.29, 1.82) is 0 Å². The van der Waals surface area contributed by atoms with E-state index in [1.54, 1.807) is 7.11 Å². The number of anilines is 1. The van der Waals surface area contributed by atoms with E-state index in [9.17, 15) is 9.90 Å². The maximum Gasteiger partial charge on any atom is 0.254 e. The van der Waals surface area contributed by atoms with Gasteiger partial charge in [-0.15, -0.1) is 0 Å². The number of aliphatic hydroxyl groups excluding tert-OH is 1. The third kappa shape index (κ3) is 5.22. The normalized spacial score (nSPS) is 19.4. The Kier molecular flexibility index (Phi) is 7.61. The van der Waals surface area contributed by atoms with Gasteiger partial charge in [-0.2, -0.15) is 0 Å². The minimum atomic E-state index is -0.549.